The van der Waals surface area contributed by atoms with E-state index in [0.29, 0.717) is 19.3 Å². The zero-order valence-corrected chi connectivity index (χ0v) is 37.3. The average molecular weight is 832 g/mol. The topological polar surface area (TPSA) is 189 Å². The lowest BCUT2D eigenvalue weighted by Gasteiger charge is -2.40. The van der Waals surface area contributed by atoms with E-state index in [9.17, 15) is 40.5 Å². The van der Waals surface area contributed by atoms with Crippen LogP contribution in [0.15, 0.2) is 0 Å². The minimum Gasteiger partial charge on any atom is -0.394 e. The maximum Gasteiger partial charge on any atom is 0.249 e. The Hall–Kier alpha value is -0.890. The van der Waals surface area contributed by atoms with Crippen molar-refractivity contribution in [2.75, 3.05) is 13.2 Å². The van der Waals surface area contributed by atoms with Crippen molar-refractivity contribution in [2.45, 2.75) is 281 Å². The van der Waals surface area contributed by atoms with Crippen molar-refractivity contribution in [3.63, 3.8) is 0 Å². The molecule has 0 aromatic rings. The van der Waals surface area contributed by atoms with Crippen LogP contribution >= 0.6 is 0 Å². The van der Waals surface area contributed by atoms with Gasteiger partial charge in [0.1, 0.15) is 36.6 Å². The number of unbranched alkanes of at least 4 members (excludes halogenated alkanes) is 29. The Balaban J connectivity index is 2.40. The van der Waals surface area contributed by atoms with Crippen LogP contribution in [0.2, 0.25) is 0 Å². The lowest BCUT2D eigenvalue weighted by atomic mass is 9.98. The highest BCUT2D eigenvalue weighted by Crippen LogP contribution is 2.23. The Morgan fingerprint density at radius 1 is 0.534 bits per heavy atom. The summed E-state index contributed by atoms with van der Waals surface area (Å²) in [5.41, 5.74) is 0. The number of ether oxygens (including phenoxy) is 2. The van der Waals surface area contributed by atoms with Crippen LogP contribution in [0.4, 0.5) is 0 Å². The summed E-state index contributed by atoms with van der Waals surface area (Å²) < 4.78 is 11.1. The molecule has 1 aliphatic heterocycles. The smallest absolute Gasteiger partial charge is 0.249 e. The van der Waals surface area contributed by atoms with E-state index >= 15 is 0 Å². The predicted octanol–water partition coefficient (Wildman–Crippen LogP) is 8.28. The summed E-state index contributed by atoms with van der Waals surface area (Å²) in [6, 6.07) is -1.16. The lowest BCUT2D eigenvalue weighted by Crippen LogP contribution is -2.60. The monoisotopic (exact) mass is 832 g/mol. The van der Waals surface area contributed by atoms with Gasteiger partial charge in [0, 0.05) is 0 Å². The second-order valence-electron chi connectivity index (χ2n) is 17.5. The second-order valence-corrected chi connectivity index (χ2v) is 17.5. The number of amides is 1. The maximum atomic E-state index is 13.1. The van der Waals surface area contributed by atoms with Crippen molar-refractivity contribution in [3.05, 3.63) is 0 Å². The van der Waals surface area contributed by atoms with Crippen LogP contribution < -0.4 is 5.32 Å². The first-order valence-corrected chi connectivity index (χ1v) is 24.4. The molecular weight excluding hydrogens is 739 g/mol. The van der Waals surface area contributed by atoms with Gasteiger partial charge >= 0.3 is 0 Å². The van der Waals surface area contributed by atoms with E-state index in [1.807, 2.05) is 0 Å². The predicted molar refractivity (Wildman–Crippen MR) is 233 cm³/mol. The van der Waals surface area contributed by atoms with Crippen LogP contribution in [0.5, 0.6) is 0 Å². The fraction of sp³-hybridized carbons (Fsp3) is 0.979. The largest absolute Gasteiger partial charge is 0.394 e. The van der Waals surface area contributed by atoms with Crippen LogP contribution in [0.3, 0.4) is 0 Å². The summed E-state index contributed by atoms with van der Waals surface area (Å²) in [4.78, 5) is 13.1. The molecule has 1 amide bonds. The van der Waals surface area contributed by atoms with E-state index < -0.39 is 74.2 Å². The molecule has 8 N–H and O–H groups in total. The quantitative estimate of drug-likeness (QED) is 0.0279. The summed E-state index contributed by atoms with van der Waals surface area (Å²) in [6.45, 7) is 3.45. The van der Waals surface area contributed by atoms with Gasteiger partial charge in [0.15, 0.2) is 6.29 Å². The molecule has 1 saturated heterocycles. The molecule has 0 radical (unpaired) electrons. The zero-order chi connectivity index (χ0) is 42.6. The van der Waals surface area contributed by atoms with E-state index in [-0.39, 0.29) is 6.42 Å². The molecule has 1 fully saturated rings. The molecule has 0 unspecified atom stereocenters. The third kappa shape index (κ3) is 27.1. The third-order valence-electron chi connectivity index (χ3n) is 12.2. The Labute approximate surface area is 354 Å². The molecule has 346 valence electrons. The Morgan fingerprint density at radius 3 is 1.28 bits per heavy atom. The second kappa shape index (κ2) is 37.8. The minimum atomic E-state index is -1.66. The number of aliphatic hydroxyl groups is 7. The summed E-state index contributed by atoms with van der Waals surface area (Å²) in [6.07, 6.45) is 27.2. The molecule has 58 heavy (non-hydrogen) atoms. The van der Waals surface area contributed by atoms with Crippen LogP contribution in [0.25, 0.3) is 0 Å². The minimum absolute atomic E-state index is 0.266. The van der Waals surface area contributed by atoms with E-state index in [4.69, 9.17) is 9.47 Å². The van der Waals surface area contributed by atoms with Gasteiger partial charge in [0.2, 0.25) is 5.91 Å². The molecule has 11 nitrogen and oxygen atoms in total. The van der Waals surface area contributed by atoms with Gasteiger partial charge in [-0.3, -0.25) is 4.79 Å². The normalized spacial score (nSPS) is 21.8. The van der Waals surface area contributed by atoms with Gasteiger partial charge in [0.05, 0.1) is 25.4 Å². The average Bonchev–Trinajstić information content (AvgIpc) is 3.22. The van der Waals surface area contributed by atoms with Crippen molar-refractivity contribution in [3.8, 4) is 0 Å². The summed E-state index contributed by atoms with van der Waals surface area (Å²) in [5, 5.41) is 75.7. The number of aliphatic hydroxyl groups excluding tert-OH is 7. The zero-order valence-electron chi connectivity index (χ0n) is 37.3. The molecule has 1 aliphatic rings. The first kappa shape index (κ1) is 55.1. The lowest BCUT2D eigenvalue weighted by molar-refractivity contribution is -0.303. The van der Waals surface area contributed by atoms with E-state index in [0.717, 1.165) is 38.5 Å². The molecule has 0 bridgehead atoms. The fourth-order valence-electron chi connectivity index (χ4n) is 8.09. The Bertz CT molecular complexity index is 913. The van der Waals surface area contributed by atoms with Crippen LogP contribution in [0.1, 0.15) is 226 Å². The molecule has 0 aromatic carbocycles. The summed E-state index contributed by atoms with van der Waals surface area (Å²) in [5.74, 6) is -0.693. The molecule has 0 aliphatic carbocycles. The number of carbonyl (C=O) groups excluding carboxylic acids is 1. The summed E-state index contributed by atoms with van der Waals surface area (Å²) in [7, 11) is 0. The standard InChI is InChI=1S/C47H93NO10/c1-3-5-7-9-11-13-15-17-18-19-20-21-23-25-27-29-31-33-35-40(51)46(56)48-38(37-57-47-45(55)44(54)43(53)41(36-49)58-47)42(52)39(50)34-32-30-28-26-24-22-16-14-12-10-8-6-4-2/h38-45,47,49-55H,3-37H2,1-2H3,(H,48,56)/t38-,39+,40+,41+,42-,43-,44-,45+,47-/m0/s1. The van der Waals surface area contributed by atoms with Gasteiger partial charge in [-0.1, -0.05) is 213 Å². The summed E-state index contributed by atoms with van der Waals surface area (Å²) >= 11 is 0. The number of hydrogen-bond acceptors (Lipinski definition) is 10. The van der Waals surface area contributed by atoms with E-state index in [1.165, 1.54) is 148 Å². The van der Waals surface area contributed by atoms with Gasteiger partial charge in [-0.2, -0.15) is 0 Å². The Kier molecular flexibility index (Phi) is 36.0. The molecule has 0 aromatic heterocycles. The molecule has 9 atom stereocenters. The fourth-order valence-corrected chi connectivity index (χ4v) is 8.09. The first-order chi connectivity index (χ1) is 28.2. The first-order valence-electron chi connectivity index (χ1n) is 24.4. The van der Waals surface area contributed by atoms with Gasteiger partial charge in [-0.25, -0.2) is 0 Å². The molecule has 1 rings (SSSR count). The molecule has 11 heteroatoms. The number of nitrogens with one attached hydrogen (secondary N) is 1. The highest BCUT2D eigenvalue weighted by molar-refractivity contribution is 5.80. The van der Waals surface area contributed by atoms with Gasteiger partial charge in [-0.15, -0.1) is 0 Å². The van der Waals surface area contributed by atoms with Crippen molar-refractivity contribution >= 4 is 5.91 Å². The van der Waals surface area contributed by atoms with Crippen molar-refractivity contribution < 1.29 is 50.0 Å². The van der Waals surface area contributed by atoms with Crippen LogP contribution in [0, 0.1) is 0 Å². The van der Waals surface area contributed by atoms with Crippen LogP contribution in [-0.4, -0.2) is 110 Å². The van der Waals surface area contributed by atoms with Gasteiger partial charge < -0.3 is 50.5 Å². The molecular formula is C47H93NO10. The van der Waals surface area contributed by atoms with Crippen LogP contribution in [-0.2, 0) is 14.3 Å². The number of carbonyl (C=O) groups is 1. The Morgan fingerprint density at radius 2 is 0.897 bits per heavy atom. The van der Waals surface area contributed by atoms with Gasteiger partial charge in [-0.05, 0) is 12.8 Å². The van der Waals surface area contributed by atoms with Gasteiger partial charge in [0.25, 0.3) is 0 Å². The van der Waals surface area contributed by atoms with Crippen molar-refractivity contribution in [2.24, 2.45) is 0 Å². The maximum absolute atomic E-state index is 13.1. The molecule has 0 saturated carbocycles. The highest BCUT2D eigenvalue weighted by atomic mass is 16.7. The third-order valence-corrected chi connectivity index (χ3v) is 12.2. The van der Waals surface area contributed by atoms with Crippen molar-refractivity contribution in [1.29, 1.82) is 0 Å². The number of rotatable bonds is 41. The molecule has 0 spiro atoms. The molecule has 1 heterocycles. The highest BCUT2D eigenvalue weighted by Gasteiger charge is 2.44. The van der Waals surface area contributed by atoms with E-state index in [2.05, 4.69) is 19.2 Å². The number of hydrogen-bond donors (Lipinski definition) is 8. The SMILES string of the molecule is CCCCCCCCCCCCCCCCCCCC[C@@H](O)C(=O)N[C@@H](CO[C@H]1O[C@H](CO)[C@H](O)[C@H](O)[C@H]1O)[C@H](O)[C@H](O)CCCCCCCCCCCCCCC. The van der Waals surface area contributed by atoms with Crippen molar-refractivity contribution in [1.82, 2.24) is 5.32 Å². The van der Waals surface area contributed by atoms with E-state index in [1.54, 1.807) is 0 Å².